The summed E-state index contributed by atoms with van der Waals surface area (Å²) in [7, 11) is 1.92. The summed E-state index contributed by atoms with van der Waals surface area (Å²) in [4.78, 5) is 0. The smallest absolute Gasteiger partial charge is 0.0830 e. The van der Waals surface area contributed by atoms with E-state index in [1.165, 1.54) is 57.8 Å². The molecular weight excluding hydrogens is 210 g/mol. The van der Waals surface area contributed by atoms with E-state index in [2.05, 4.69) is 12.2 Å². The molecule has 1 unspecified atom stereocenters. The fourth-order valence-electron chi connectivity index (χ4n) is 3.35. The SMILES string of the molecule is CCCNC(CCC1CC1)C1(OC)CCCC1. The van der Waals surface area contributed by atoms with Gasteiger partial charge in [0.25, 0.3) is 0 Å². The number of hydrogen-bond donors (Lipinski definition) is 1. The van der Waals surface area contributed by atoms with E-state index in [-0.39, 0.29) is 5.60 Å². The van der Waals surface area contributed by atoms with Gasteiger partial charge in [-0.1, -0.05) is 32.6 Å². The van der Waals surface area contributed by atoms with Gasteiger partial charge in [0.2, 0.25) is 0 Å². The van der Waals surface area contributed by atoms with Crippen LogP contribution in [-0.4, -0.2) is 25.3 Å². The van der Waals surface area contributed by atoms with Crippen molar-refractivity contribution in [2.75, 3.05) is 13.7 Å². The number of ether oxygens (including phenoxy) is 1. The van der Waals surface area contributed by atoms with Gasteiger partial charge in [-0.15, -0.1) is 0 Å². The van der Waals surface area contributed by atoms with Crippen LogP contribution < -0.4 is 5.32 Å². The molecule has 0 bridgehead atoms. The van der Waals surface area contributed by atoms with Crippen LogP contribution in [0.4, 0.5) is 0 Å². The monoisotopic (exact) mass is 239 g/mol. The first kappa shape index (κ1) is 13.4. The summed E-state index contributed by atoms with van der Waals surface area (Å²) in [6.45, 7) is 3.39. The van der Waals surface area contributed by atoms with Crippen LogP contribution in [0.3, 0.4) is 0 Å². The Morgan fingerprint density at radius 1 is 1.29 bits per heavy atom. The third kappa shape index (κ3) is 3.45. The summed E-state index contributed by atoms with van der Waals surface area (Å²) in [6.07, 6.45) is 12.1. The van der Waals surface area contributed by atoms with Crippen LogP contribution in [0.1, 0.15) is 64.7 Å². The molecule has 1 N–H and O–H groups in total. The zero-order chi connectivity index (χ0) is 12.1. The lowest BCUT2D eigenvalue weighted by atomic mass is 9.88. The average molecular weight is 239 g/mol. The molecule has 2 nitrogen and oxygen atoms in total. The highest BCUT2D eigenvalue weighted by Crippen LogP contribution is 2.40. The van der Waals surface area contributed by atoms with Crippen molar-refractivity contribution >= 4 is 0 Å². The molecule has 2 aliphatic rings. The summed E-state index contributed by atoms with van der Waals surface area (Å²) in [5.74, 6) is 1.04. The predicted octanol–water partition coefficient (Wildman–Crippen LogP) is 3.50. The molecule has 17 heavy (non-hydrogen) atoms. The Morgan fingerprint density at radius 2 is 2.00 bits per heavy atom. The quantitative estimate of drug-likeness (QED) is 0.700. The van der Waals surface area contributed by atoms with E-state index in [4.69, 9.17) is 4.74 Å². The van der Waals surface area contributed by atoms with Gasteiger partial charge in [-0.2, -0.15) is 0 Å². The highest BCUT2D eigenvalue weighted by atomic mass is 16.5. The van der Waals surface area contributed by atoms with E-state index in [1.54, 1.807) is 0 Å². The molecule has 1 atom stereocenters. The first-order valence-electron chi connectivity index (χ1n) is 7.59. The van der Waals surface area contributed by atoms with Crippen LogP contribution in [-0.2, 0) is 4.74 Å². The molecule has 2 aliphatic carbocycles. The largest absolute Gasteiger partial charge is 0.377 e. The molecule has 2 rings (SSSR count). The molecular formula is C15H29NO. The van der Waals surface area contributed by atoms with E-state index in [9.17, 15) is 0 Å². The molecule has 2 fully saturated rings. The Hall–Kier alpha value is -0.0800. The van der Waals surface area contributed by atoms with Crippen molar-refractivity contribution in [2.24, 2.45) is 5.92 Å². The van der Waals surface area contributed by atoms with Gasteiger partial charge in [-0.3, -0.25) is 0 Å². The Labute approximate surface area is 107 Å². The number of methoxy groups -OCH3 is 1. The van der Waals surface area contributed by atoms with Gasteiger partial charge in [0, 0.05) is 13.2 Å². The van der Waals surface area contributed by atoms with Crippen molar-refractivity contribution in [1.82, 2.24) is 5.32 Å². The van der Waals surface area contributed by atoms with Gasteiger partial charge < -0.3 is 10.1 Å². The van der Waals surface area contributed by atoms with Crippen molar-refractivity contribution in [3.05, 3.63) is 0 Å². The molecule has 0 radical (unpaired) electrons. The number of rotatable bonds is 8. The summed E-state index contributed by atoms with van der Waals surface area (Å²) < 4.78 is 5.95. The molecule has 0 spiro atoms. The average Bonchev–Trinajstić information content (AvgIpc) is 3.05. The fourth-order valence-corrected chi connectivity index (χ4v) is 3.35. The second kappa shape index (κ2) is 6.19. The standard InChI is InChI=1S/C15H29NO/c1-3-12-16-14(9-8-13-6-7-13)15(17-2)10-4-5-11-15/h13-14,16H,3-12H2,1-2H3. The van der Waals surface area contributed by atoms with Gasteiger partial charge in [-0.25, -0.2) is 0 Å². The lowest BCUT2D eigenvalue weighted by molar-refractivity contribution is -0.0384. The Balaban J connectivity index is 1.90. The van der Waals surface area contributed by atoms with Crippen molar-refractivity contribution in [3.8, 4) is 0 Å². The van der Waals surface area contributed by atoms with Crippen LogP contribution in [0.2, 0.25) is 0 Å². The highest BCUT2D eigenvalue weighted by molar-refractivity contribution is 4.97. The minimum atomic E-state index is 0.157. The summed E-state index contributed by atoms with van der Waals surface area (Å²) >= 11 is 0. The molecule has 2 saturated carbocycles. The van der Waals surface area contributed by atoms with Crippen LogP contribution in [0.5, 0.6) is 0 Å². The maximum absolute atomic E-state index is 5.95. The Morgan fingerprint density at radius 3 is 2.53 bits per heavy atom. The lowest BCUT2D eigenvalue weighted by Crippen LogP contribution is -2.50. The van der Waals surface area contributed by atoms with E-state index >= 15 is 0 Å². The molecule has 2 heteroatoms. The molecule has 0 aliphatic heterocycles. The van der Waals surface area contributed by atoms with Crippen molar-refractivity contribution in [3.63, 3.8) is 0 Å². The fraction of sp³-hybridized carbons (Fsp3) is 1.00. The van der Waals surface area contributed by atoms with E-state index in [0.29, 0.717) is 6.04 Å². The van der Waals surface area contributed by atoms with Crippen LogP contribution >= 0.6 is 0 Å². The van der Waals surface area contributed by atoms with Gasteiger partial charge >= 0.3 is 0 Å². The third-order valence-corrected chi connectivity index (χ3v) is 4.69. The molecule has 0 heterocycles. The molecule has 0 aromatic heterocycles. The Kier molecular flexibility index (Phi) is 4.87. The first-order chi connectivity index (χ1) is 8.30. The molecule has 100 valence electrons. The summed E-state index contributed by atoms with van der Waals surface area (Å²) in [6, 6.07) is 0.593. The number of nitrogens with one attached hydrogen (secondary N) is 1. The maximum Gasteiger partial charge on any atom is 0.0830 e. The number of hydrogen-bond acceptors (Lipinski definition) is 2. The zero-order valence-corrected chi connectivity index (χ0v) is 11.6. The first-order valence-corrected chi connectivity index (χ1v) is 7.59. The topological polar surface area (TPSA) is 21.3 Å². The molecule has 0 aromatic carbocycles. The maximum atomic E-state index is 5.95. The lowest BCUT2D eigenvalue weighted by Gasteiger charge is -2.37. The second-order valence-corrected chi connectivity index (χ2v) is 6.00. The van der Waals surface area contributed by atoms with Crippen LogP contribution in [0.15, 0.2) is 0 Å². The normalized spacial score (nSPS) is 25.1. The van der Waals surface area contributed by atoms with Crippen molar-refractivity contribution in [1.29, 1.82) is 0 Å². The third-order valence-electron chi connectivity index (χ3n) is 4.69. The Bertz CT molecular complexity index is 219. The zero-order valence-electron chi connectivity index (χ0n) is 11.6. The van der Waals surface area contributed by atoms with Crippen LogP contribution in [0, 0.1) is 5.92 Å². The minimum absolute atomic E-state index is 0.157. The minimum Gasteiger partial charge on any atom is -0.377 e. The van der Waals surface area contributed by atoms with Crippen molar-refractivity contribution in [2.45, 2.75) is 76.4 Å². The molecule has 0 saturated heterocycles. The summed E-state index contributed by atoms with van der Waals surface area (Å²) in [5.41, 5.74) is 0.157. The highest BCUT2D eigenvalue weighted by Gasteiger charge is 2.41. The summed E-state index contributed by atoms with van der Waals surface area (Å²) in [5, 5.41) is 3.76. The van der Waals surface area contributed by atoms with Gasteiger partial charge in [0.05, 0.1) is 5.60 Å². The molecule has 0 amide bonds. The van der Waals surface area contributed by atoms with Crippen molar-refractivity contribution < 1.29 is 4.74 Å². The molecule has 0 aromatic rings. The second-order valence-electron chi connectivity index (χ2n) is 6.00. The van der Waals surface area contributed by atoms with Gasteiger partial charge in [0.1, 0.15) is 0 Å². The van der Waals surface area contributed by atoms with E-state index < -0.39 is 0 Å². The van der Waals surface area contributed by atoms with E-state index in [0.717, 1.165) is 12.5 Å². The van der Waals surface area contributed by atoms with E-state index in [1.807, 2.05) is 7.11 Å². The van der Waals surface area contributed by atoms with Gasteiger partial charge in [-0.05, 0) is 44.6 Å². The van der Waals surface area contributed by atoms with Gasteiger partial charge in [0.15, 0.2) is 0 Å². The predicted molar refractivity (Wildman–Crippen MR) is 72.2 cm³/mol. The van der Waals surface area contributed by atoms with Crippen LogP contribution in [0.25, 0.3) is 0 Å².